The minimum atomic E-state index is -0.513. The van der Waals surface area contributed by atoms with Crippen LogP contribution in [0.5, 0.6) is 0 Å². The molecule has 0 spiro atoms. The van der Waals surface area contributed by atoms with Gasteiger partial charge in [-0.1, -0.05) is 36.7 Å². The molecule has 2 aromatic heterocycles. The second kappa shape index (κ2) is 8.17. The summed E-state index contributed by atoms with van der Waals surface area (Å²) in [6, 6.07) is 10.8. The van der Waals surface area contributed by atoms with Crippen LogP contribution in [-0.2, 0) is 22.4 Å². The highest BCUT2D eigenvalue weighted by Gasteiger charge is 2.26. The molecule has 6 nitrogen and oxygen atoms in total. The Kier molecular flexibility index (Phi) is 5.45. The van der Waals surface area contributed by atoms with Crippen molar-refractivity contribution in [1.29, 1.82) is 0 Å². The van der Waals surface area contributed by atoms with E-state index in [1.54, 1.807) is 12.1 Å². The summed E-state index contributed by atoms with van der Waals surface area (Å²) in [6.07, 6.45) is 4.18. The molecular formula is C22H20ClN3O3. The molecule has 148 valence electrons. The number of hydrogen-bond acceptors (Lipinski definition) is 5. The van der Waals surface area contributed by atoms with E-state index in [0.29, 0.717) is 17.2 Å². The number of pyridine rings is 2. The fraction of sp³-hybridized carbons (Fsp3) is 0.273. The summed E-state index contributed by atoms with van der Waals surface area (Å²) >= 11 is 5.94. The Labute approximate surface area is 173 Å². The first-order chi connectivity index (χ1) is 14.0. The highest BCUT2D eigenvalue weighted by Crippen LogP contribution is 2.32. The molecule has 7 heteroatoms. The Balaban J connectivity index is 1.57. The van der Waals surface area contributed by atoms with Gasteiger partial charge in [-0.2, -0.15) is 0 Å². The van der Waals surface area contributed by atoms with Crippen molar-refractivity contribution in [3.63, 3.8) is 0 Å². The van der Waals surface area contributed by atoms with Gasteiger partial charge in [-0.15, -0.1) is 0 Å². The summed E-state index contributed by atoms with van der Waals surface area (Å²) in [5.41, 5.74) is 3.53. The van der Waals surface area contributed by atoms with Crippen LogP contribution in [0.3, 0.4) is 0 Å². The van der Waals surface area contributed by atoms with Crippen molar-refractivity contribution in [2.45, 2.75) is 26.2 Å². The molecule has 0 bridgehead atoms. The maximum Gasteiger partial charge on any atom is 0.339 e. The van der Waals surface area contributed by atoms with Crippen LogP contribution >= 0.6 is 11.6 Å². The van der Waals surface area contributed by atoms with Crippen LogP contribution < -0.4 is 5.32 Å². The van der Waals surface area contributed by atoms with Gasteiger partial charge in [-0.3, -0.25) is 9.78 Å². The van der Waals surface area contributed by atoms with Crippen LogP contribution in [0.2, 0.25) is 5.15 Å². The fourth-order valence-electron chi connectivity index (χ4n) is 3.66. The Morgan fingerprint density at radius 1 is 1.24 bits per heavy atom. The van der Waals surface area contributed by atoms with E-state index in [9.17, 15) is 9.59 Å². The third kappa shape index (κ3) is 4.07. The van der Waals surface area contributed by atoms with E-state index in [2.05, 4.69) is 17.2 Å². The van der Waals surface area contributed by atoms with Gasteiger partial charge in [0.2, 0.25) is 0 Å². The van der Waals surface area contributed by atoms with Gasteiger partial charge in [-0.25, -0.2) is 9.78 Å². The smallest absolute Gasteiger partial charge is 0.339 e. The van der Waals surface area contributed by atoms with E-state index >= 15 is 0 Å². The minimum absolute atomic E-state index is 0.176. The van der Waals surface area contributed by atoms with Crippen LogP contribution in [0.1, 0.15) is 35.0 Å². The molecule has 0 fully saturated rings. The monoisotopic (exact) mass is 409 g/mol. The molecule has 0 saturated heterocycles. The number of benzene rings is 1. The number of anilines is 1. The van der Waals surface area contributed by atoms with Crippen molar-refractivity contribution in [1.82, 2.24) is 9.97 Å². The number of nitrogens with one attached hydrogen (secondary N) is 1. The first kappa shape index (κ1) is 19.3. The zero-order valence-electron chi connectivity index (χ0n) is 15.9. The van der Waals surface area contributed by atoms with E-state index < -0.39 is 18.5 Å². The van der Waals surface area contributed by atoms with Crippen LogP contribution in [0.4, 0.5) is 5.69 Å². The predicted octanol–water partition coefficient (Wildman–Crippen LogP) is 4.20. The first-order valence-electron chi connectivity index (χ1n) is 9.51. The lowest BCUT2D eigenvalue weighted by Crippen LogP contribution is -2.23. The zero-order valence-corrected chi connectivity index (χ0v) is 16.7. The normalized spacial score (nSPS) is 15.6. The van der Waals surface area contributed by atoms with Crippen molar-refractivity contribution in [2.75, 3.05) is 11.9 Å². The van der Waals surface area contributed by atoms with Crippen molar-refractivity contribution in [2.24, 2.45) is 5.92 Å². The number of aromatic nitrogens is 2. The number of rotatable bonds is 4. The number of ether oxygens (including phenoxy) is 1. The first-order valence-corrected chi connectivity index (χ1v) is 9.88. The lowest BCUT2D eigenvalue weighted by molar-refractivity contribution is -0.119. The number of para-hydroxylation sites is 1. The summed E-state index contributed by atoms with van der Waals surface area (Å²) in [5.74, 6) is -0.525. The molecule has 0 saturated carbocycles. The van der Waals surface area contributed by atoms with Gasteiger partial charge >= 0.3 is 5.97 Å². The maximum absolute atomic E-state index is 13.0. The van der Waals surface area contributed by atoms with Gasteiger partial charge in [-0.05, 0) is 48.9 Å². The third-order valence-corrected chi connectivity index (χ3v) is 5.38. The molecule has 1 aliphatic carbocycles. The molecule has 1 aromatic carbocycles. The number of halogens is 1. The van der Waals surface area contributed by atoms with Crippen molar-refractivity contribution >= 4 is 40.1 Å². The lowest BCUT2D eigenvalue weighted by atomic mass is 9.84. The number of fused-ring (bicyclic) bond motifs is 2. The summed E-state index contributed by atoms with van der Waals surface area (Å²) in [6.45, 7) is 1.75. The van der Waals surface area contributed by atoms with Crippen molar-refractivity contribution < 1.29 is 14.3 Å². The highest BCUT2D eigenvalue weighted by atomic mass is 35.5. The molecule has 1 N–H and O–H groups in total. The SMILES string of the molecule is CC1CCc2nc3ccccc3c(C(=O)OCC(=O)Nc3cccnc3Cl)c2C1. The second-order valence-electron chi connectivity index (χ2n) is 7.24. The number of carbonyl (C=O) groups excluding carboxylic acids is 2. The molecule has 1 unspecified atom stereocenters. The summed E-state index contributed by atoms with van der Waals surface area (Å²) < 4.78 is 5.37. The van der Waals surface area contributed by atoms with Gasteiger partial charge in [0.1, 0.15) is 0 Å². The molecule has 0 radical (unpaired) electrons. The van der Waals surface area contributed by atoms with E-state index in [1.807, 2.05) is 24.3 Å². The van der Waals surface area contributed by atoms with Crippen LogP contribution in [0, 0.1) is 5.92 Å². The van der Waals surface area contributed by atoms with Crippen molar-refractivity contribution in [3.05, 3.63) is 64.6 Å². The Morgan fingerprint density at radius 3 is 2.90 bits per heavy atom. The molecule has 0 aliphatic heterocycles. The van der Waals surface area contributed by atoms with Gasteiger partial charge in [0.05, 0.1) is 16.8 Å². The van der Waals surface area contributed by atoms with E-state index in [4.69, 9.17) is 21.3 Å². The summed E-state index contributed by atoms with van der Waals surface area (Å²) in [4.78, 5) is 33.9. The van der Waals surface area contributed by atoms with Crippen LogP contribution in [0.25, 0.3) is 10.9 Å². The second-order valence-corrected chi connectivity index (χ2v) is 7.60. The molecular weight excluding hydrogens is 390 g/mol. The topological polar surface area (TPSA) is 81.2 Å². The third-order valence-electron chi connectivity index (χ3n) is 5.08. The standard InChI is InChI=1S/C22H20ClN3O3/c1-13-8-9-17-15(11-13)20(14-5-2-3-6-16(14)25-17)22(28)29-12-19(27)26-18-7-4-10-24-21(18)23/h2-7,10,13H,8-9,11-12H2,1H3,(H,26,27). The van der Waals surface area contributed by atoms with E-state index in [-0.39, 0.29) is 5.15 Å². The average molecular weight is 410 g/mol. The zero-order chi connectivity index (χ0) is 20.4. The Bertz CT molecular complexity index is 1100. The average Bonchev–Trinajstić information content (AvgIpc) is 2.72. The number of carbonyl (C=O) groups is 2. The summed E-state index contributed by atoms with van der Waals surface area (Å²) in [7, 11) is 0. The molecule has 29 heavy (non-hydrogen) atoms. The Morgan fingerprint density at radius 2 is 2.07 bits per heavy atom. The largest absolute Gasteiger partial charge is 0.452 e. The molecule has 1 amide bonds. The summed E-state index contributed by atoms with van der Waals surface area (Å²) in [5, 5.41) is 3.53. The minimum Gasteiger partial charge on any atom is -0.452 e. The van der Waals surface area contributed by atoms with Gasteiger partial charge in [0.25, 0.3) is 5.91 Å². The van der Waals surface area contributed by atoms with Gasteiger partial charge < -0.3 is 10.1 Å². The number of aryl methyl sites for hydroxylation is 1. The number of nitrogens with zero attached hydrogens (tertiary/aromatic N) is 2. The lowest BCUT2D eigenvalue weighted by Gasteiger charge is -2.24. The fourth-order valence-corrected chi connectivity index (χ4v) is 3.83. The van der Waals surface area contributed by atoms with Gasteiger partial charge in [0.15, 0.2) is 11.8 Å². The molecule has 2 heterocycles. The van der Waals surface area contributed by atoms with Gasteiger partial charge in [0, 0.05) is 17.3 Å². The maximum atomic E-state index is 13.0. The molecule has 4 rings (SSSR count). The van der Waals surface area contributed by atoms with Crippen molar-refractivity contribution in [3.8, 4) is 0 Å². The van der Waals surface area contributed by atoms with E-state index in [0.717, 1.165) is 41.4 Å². The number of amides is 1. The predicted molar refractivity (Wildman–Crippen MR) is 111 cm³/mol. The van der Waals surface area contributed by atoms with Crippen LogP contribution in [0.15, 0.2) is 42.6 Å². The van der Waals surface area contributed by atoms with Crippen LogP contribution in [-0.4, -0.2) is 28.5 Å². The van der Waals surface area contributed by atoms with E-state index in [1.165, 1.54) is 6.20 Å². The molecule has 1 aliphatic rings. The Hall–Kier alpha value is -2.99. The molecule has 3 aromatic rings. The molecule has 1 atom stereocenters. The highest BCUT2D eigenvalue weighted by molar-refractivity contribution is 6.32. The quantitative estimate of drug-likeness (QED) is 0.515. The number of hydrogen-bond donors (Lipinski definition) is 1. The number of esters is 1.